The molecule has 0 bridgehead atoms. The van der Waals surface area contributed by atoms with E-state index in [1.54, 1.807) is 0 Å². The number of anilines is 1. The molecular weight excluding hydrogens is 262 g/mol. The van der Waals surface area contributed by atoms with Crippen LogP contribution in [0.2, 0.25) is 0 Å². The van der Waals surface area contributed by atoms with Gasteiger partial charge in [-0.15, -0.1) is 0 Å². The van der Waals surface area contributed by atoms with Crippen LogP contribution in [0.25, 0.3) is 0 Å². The molecule has 0 radical (unpaired) electrons. The Bertz CT molecular complexity index is 526. The molecule has 0 aliphatic heterocycles. The molecule has 2 heteroatoms. The van der Waals surface area contributed by atoms with Crippen molar-refractivity contribution in [1.82, 2.24) is 0 Å². The van der Waals surface area contributed by atoms with Crippen molar-refractivity contribution >= 4 is 17.4 Å². The van der Waals surface area contributed by atoms with Crippen LogP contribution in [-0.4, -0.2) is 5.75 Å². The highest BCUT2D eigenvalue weighted by Gasteiger charge is 1.98. The summed E-state index contributed by atoms with van der Waals surface area (Å²) in [6.45, 7) is 4.34. The Morgan fingerprint density at radius 3 is 2.20 bits per heavy atom. The molecule has 106 valence electrons. The van der Waals surface area contributed by atoms with Gasteiger partial charge in [0.05, 0.1) is 0 Å². The van der Waals surface area contributed by atoms with Gasteiger partial charge in [-0.1, -0.05) is 41.5 Å². The van der Waals surface area contributed by atoms with E-state index in [2.05, 4.69) is 44.2 Å². The molecule has 2 rings (SSSR count). The van der Waals surface area contributed by atoms with E-state index in [0.29, 0.717) is 0 Å². The number of thioether (sulfide) groups is 1. The maximum atomic E-state index is 5.69. The van der Waals surface area contributed by atoms with Crippen LogP contribution < -0.4 is 5.73 Å². The Balaban J connectivity index is 1.70. The summed E-state index contributed by atoms with van der Waals surface area (Å²) in [5.74, 6) is 2.32. The van der Waals surface area contributed by atoms with Crippen molar-refractivity contribution in [3.8, 4) is 0 Å². The first kappa shape index (κ1) is 15.0. The predicted molar refractivity (Wildman–Crippen MR) is 91.3 cm³/mol. The van der Waals surface area contributed by atoms with Crippen LogP contribution in [0.15, 0.2) is 42.5 Å². The van der Waals surface area contributed by atoms with E-state index in [4.69, 9.17) is 5.73 Å². The average molecular weight is 285 g/mol. The van der Waals surface area contributed by atoms with Crippen molar-refractivity contribution < 1.29 is 0 Å². The zero-order valence-electron chi connectivity index (χ0n) is 12.4. The van der Waals surface area contributed by atoms with Gasteiger partial charge in [0.15, 0.2) is 0 Å². The average Bonchev–Trinajstić information content (AvgIpc) is 2.39. The first-order valence-electron chi connectivity index (χ1n) is 7.13. The summed E-state index contributed by atoms with van der Waals surface area (Å²) in [6.07, 6.45) is 2.36. The molecule has 2 N–H and O–H groups in total. The fraction of sp³-hybridized carbons (Fsp3) is 0.333. The molecule has 0 fully saturated rings. The maximum Gasteiger partial charge on any atom is 0.0314 e. The Labute approximate surface area is 126 Å². The highest BCUT2D eigenvalue weighted by atomic mass is 32.2. The Morgan fingerprint density at radius 2 is 1.55 bits per heavy atom. The van der Waals surface area contributed by atoms with Crippen molar-refractivity contribution in [3.05, 3.63) is 64.7 Å². The Morgan fingerprint density at radius 1 is 0.900 bits per heavy atom. The second-order valence-electron chi connectivity index (χ2n) is 5.39. The minimum atomic E-state index is 0.845. The van der Waals surface area contributed by atoms with Gasteiger partial charge in [-0.25, -0.2) is 0 Å². The van der Waals surface area contributed by atoms with Gasteiger partial charge in [0.1, 0.15) is 0 Å². The third-order valence-electron chi connectivity index (χ3n) is 3.28. The third kappa shape index (κ3) is 4.93. The van der Waals surface area contributed by atoms with Gasteiger partial charge < -0.3 is 5.73 Å². The number of nitrogen functional groups attached to an aromatic ring is 1. The molecule has 0 saturated heterocycles. The number of benzene rings is 2. The molecule has 0 heterocycles. The molecule has 2 aromatic carbocycles. The Hall–Kier alpha value is -1.41. The standard InChI is InChI=1S/C18H23NS/c1-14-10-15(2)12-17(11-14)13-20-9-3-4-16-5-7-18(19)8-6-16/h5-8,10-12H,3-4,9,13,19H2,1-2H3. The zero-order valence-corrected chi connectivity index (χ0v) is 13.2. The van der Waals surface area contributed by atoms with E-state index < -0.39 is 0 Å². The van der Waals surface area contributed by atoms with Crippen LogP contribution in [0.5, 0.6) is 0 Å². The van der Waals surface area contributed by atoms with E-state index in [9.17, 15) is 0 Å². The van der Waals surface area contributed by atoms with Crippen LogP contribution in [-0.2, 0) is 12.2 Å². The fourth-order valence-electron chi connectivity index (χ4n) is 2.40. The molecule has 0 amide bonds. The number of hydrogen-bond donors (Lipinski definition) is 1. The molecule has 1 nitrogen and oxygen atoms in total. The summed E-state index contributed by atoms with van der Waals surface area (Å²) in [4.78, 5) is 0. The summed E-state index contributed by atoms with van der Waals surface area (Å²) < 4.78 is 0. The smallest absolute Gasteiger partial charge is 0.0314 e. The molecule has 2 aromatic rings. The monoisotopic (exact) mass is 285 g/mol. The molecule has 0 unspecified atom stereocenters. The number of nitrogens with two attached hydrogens (primary N) is 1. The highest BCUT2D eigenvalue weighted by molar-refractivity contribution is 7.98. The van der Waals surface area contributed by atoms with E-state index in [1.165, 1.54) is 34.4 Å². The predicted octanol–water partition coefficient (Wildman–Crippen LogP) is 4.75. The zero-order chi connectivity index (χ0) is 14.4. The minimum Gasteiger partial charge on any atom is -0.399 e. The van der Waals surface area contributed by atoms with Crippen LogP contribution >= 0.6 is 11.8 Å². The van der Waals surface area contributed by atoms with Crippen molar-refractivity contribution in [2.24, 2.45) is 0 Å². The maximum absolute atomic E-state index is 5.69. The molecular formula is C18H23NS. The summed E-state index contributed by atoms with van der Waals surface area (Å²) in [6, 6.07) is 15.0. The number of rotatable bonds is 6. The molecule has 0 aliphatic carbocycles. The largest absolute Gasteiger partial charge is 0.399 e. The minimum absolute atomic E-state index is 0.845. The van der Waals surface area contributed by atoms with Crippen LogP contribution in [0, 0.1) is 13.8 Å². The van der Waals surface area contributed by atoms with Gasteiger partial charge in [0.2, 0.25) is 0 Å². The van der Waals surface area contributed by atoms with Crippen molar-refractivity contribution in [1.29, 1.82) is 0 Å². The normalized spacial score (nSPS) is 10.7. The van der Waals surface area contributed by atoms with Crippen molar-refractivity contribution in [3.63, 3.8) is 0 Å². The summed E-state index contributed by atoms with van der Waals surface area (Å²) >= 11 is 2.02. The SMILES string of the molecule is Cc1cc(C)cc(CSCCCc2ccc(N)cc2)c1. The second kappa shape index (κ2) is 7.39. The van der Waals surface area contributed by atoms with Crippen LogP contribution in [0.4, 0.5) is 5.69 Å². The van der Waals surface area contributed by atoms with E-state index in [-0.39, 0.29) is 0 Å². The van der Waals surface area contributed by atoms with E-state index in [1.807, 2.05) is 23.9 Å². The van der Waals surface area contributed by atoms with Crippen LogP contribution in [0.3, 0.4) is 0 Å². The second-order valence-corrected chi connectivity index (χ2v) is 6.50. The molecule has 20 heavy (non-hydrogen) atoms. The molecule has 0 spiro atoms. The molecule has 0 atom stereocenters. The van der Waals surface area contributed by atoms with Gasteiger partial charge in [0.25, 0.3) is 0 Å². The van der Waals surface area contributed by atoms with Gasteiger partial charge >= 0.3 is 0 Å². The van der Waals surface area contributed by atoms with Gasteiger partial charge in [0, 0.05) is 11.4 Å². The fourth-order valence-corrected chi connectivity index (χ4v) is 3.30. The molecule has 0 aromatic heterocycles. The lowest BCUT2D eigenvalue weighted by molar-refractivity contribution is 0.933. The van der Waals surface area contributed by atoms with E-state index in [0.717, 1.165) is 17.9 Å². The van der Waals surface area contributed by atoms with Crippen molar-refractivity contribution in [2.75, 3.05) is 11.5 Å². The number of aryl methyl sites for hydroxylation is 3. The van der Waals surface area contributed by atoms with Crippen molar-refractivity contribution in [2.45, 2.75) is 32.4 Å². The van der Waals surface area contributed by atoms with E-state index >= 15 is 0 Å². The third-order valence-corrected chi connectivity index (χ3v) is 4.40. The lowest BCUT2D eigenvalue weighted by Crippen LogP contribution is -1.91. The Kier molecular flexibility index (Phi) is 5.54. The van der Waals surface area contributed by atoms with Crippen LogP contribution in [0.1, 0.15) is 28.7 Å². The topological polar surface area (TPSA) is 26.0 Å². The lowest BCUT2D eigenvalue weighted by Gasteiger charge is -2.05. The quantitative estimate of drug-likeness (QED) is 0.612. The summed E-state index contributed by atoms with van der Waals surface area (Å²) in [5, 5.41) is 0. The lowest BCUT2D eigenvalue weighted by atomic mass is 10.1. The van der Waals surface area contributed by atoms with Gasteiger partial charge in [-0.3, -0.25) is 0 Å². The van der Waals surface area contributed by atoms with Gasteiger partial charge in [-0.2, -0.15) is 11.8 Å². The summed E-state index contributed by atoms with van der Waals surface area (Å²) in [7, 11) is 0. The first-order valence-corrected chi connectivity index (χ1v) is 8.28. The van der Waals surface area contributed by atoms with Gasteiger partial charge in [-0.05, 0) is 55.7 Å². The highest BCUT2D eigenvalue weighted by Crippen LogP contribution is 2.17. The molecule has 0 saturated carbocycles. The summed E-state index contributed by atoms with van der Waals surface area (Å²) in [5.41, 5.74) is 12.1. The number of hydrogen-bond acceptors (Lipinski definition) is 2. The first-order chi connectivity index (χ1) is 9.63. The molecule has 0 aliphatic rings.